The molecule has 16 aromatic rings. The van der Waals surface area contributed by atoms with E-state index < -0.39 is 23.7 Å². The summed E-state index contributed by atoms with van der Waals surface area (Å²) in [7, 11) is -0.663. The van der Waals surface area contributed by atoms with Gasteiger partial charge >= 0.3 is 7.12 Å². The molecule has 0 unspecified atom stereocenters. The zero-order valence-corrected chi connectivity index (χ0v) is 60.0. The van der Waals surface area contributed by atoms with Gasteiger partial charge in [0.1, 0.15) is 23.0 Å². The van der Waals surface area contributed by atoms with E-state index in [9.17, 15) is 0 Å². The molecule has 2 aliphatic carbocycles. The first-order valence-electron chi connectivity index (χ1n) is 35.8. The second-order valence-corrected chi connectivity index (χ2v) is 29.0. The second-order valence-electron chi connectivity index (χ2n) is 28.2. The van der Waals surface area contributed by atoms with Gasteiger partial charge in [-0.05, 0) is 119 Å². The van der Waals surface area contributed by atoms with Crippen LogP contribution >= 0.6 is 15.9 Å². The van der Waals surface area contributed by atoms with Crippen molar-refractivity contribution in [2.24, 2.45) is 0 Å². The van der Waals surface area contributed by atoms with Crippen LogP contribution in [-0.4, -0.2) is 48.2 Å². The smallest absolute Gasteiger partial charge is 0.457 e. The fourth-order valence-electron chi connectivity index (χ4n) is 16.4. The minimum absolute atomic E-state index is 0.360. The molecule has 1 saturated heterocycles. The van der Waals surface area contributed by atoms with Gasteiger partial charge in [-0.1, -0.05) is 313 Å². The molecule has 10 nitrogen and oxygen atoms in total. The summed E-state index contributed by atoms with van der Waals surface area (Å²) >= 11 is 3.82. The standard InChI is InChI=1S/C44H27N3O.C25H24BN3O2.C25H15BrO/c1-2-15-29(16-3-1)41-45-42(31-20-12-17-28-14-4-5-18-30(28)31)47-43(46-41)33-21-13-25-37-40(33)32-19-6-7-22-34(32)44(37)35-23-8-10-26-38(35)48-39-27-11-9-24-36(39)44;1-24(2)25(3,4)31-26(30-24)23-28-21(18-12-6-5-7-13-18)27-22(29-23)20-16-10-14-17-11-8-9-15-19(17)20;26-21-13-7-12-20-24(21)16-8-1-2-9-17(16)25(20)18-10-3-5-14-22(18)27-23-15-6-4-11-19(23)25/h1-27H;5-16H,1-4H3;1-15H. The van der Waals surface area contributed by atoms with Crippen molar-refractivity contribution in [3.8, 4) is 102 Å². The fourth-order valence-corrected chi connectivity index (χ4v) is 17.0. The molecular formula is C94H66BBrN6O4. The summed E-state index contributed by atoms with van der Waals surface area (Å²) in [5, 5.41) is 4.48. The Balaban J connectivity index is 0.000000115. The first-order chi connectivity index (χ1) is 52.0. The van der Waals surface area contributed by atoms with E-state index in [0.29, 0.717) is 34.8 Å². The van der Waals surface area contributed by atoms with Gasteiger partial charge in [-0.3, -0.25) is 0 Å². The molecule has 0 amide bonds. The van der Waals surface area contributed by atoms with Crippen LogP contribution in [0.4, 0.5) is 0 Å². The largest absolute Gasteiger partial charge is 0.534 e. The summed E-state index contributed by atoms with van der Waals surface area (Å²) in [6.45, 7) is 8.10. The van der Waals surface area contributed by atoms with Gasteiger partial charge in [-0.15, -0.1) is 0 Å². The first kappa shape index (κ1) is 64.5. The number of hydrogen-bond acceptors (Lipinski definition) is 10. The highest BCUT2D eigenvalue weighted by Crippen LogP contribution is 2.65. The van der Waals surface area contributed by atoms with E-state index in [0.717, 1.165) is 93.5 Å². The fraction of sp³-hybridized carbons (Fsp3) is 0.0851. The molecule has 0 N–H and O–H groups in total. The number of benzene rings is 14. The van der Waals surface area contributed by atoms with E-state index in [1.54, 1.807) is 0 Å². The number of ether oxygens (including phenoxy) is 2. The predicted octanol–water partition coefficient (Wildman–Crippen LogP) is 22.1. The Hall–Kier alpha value is -12.3. The van der Waals surface area contributed by atoms with E-state index in [4.69, 9.17) is 48.7 Å². The molecule has 14 aromatic carbocycles. The summed E-state index contributed by atoms with van der Waals surface area (Å²) < 4.78 is 26.5. The Morgan fingerprint density at radius 3 is 1.07 bits per heavy atom. The van der Waals surface area contributed by atoms with Gasteiger partial charge in [0.25, 0.3) is 0 Å². The number of nitrogens with zero attached hydrogens (tertiary/aromatic N) is 6. The topological polar surface area (TPSA) is 114 Å². The van der Waals surface area contributed by atoms with E-state index >= 15 is 0 Å². The predicted molar refractivity (Wildman–Crippen MR) is 426 cm³/mol. The van der Waals surface area contributed by atoms with Crippen molar-refractivity contribution < 1.29 is 18.8 Å². The molecule has 12 heteroatoms. The van der Waals surface area contributed by atoms with Gasteiger partial charge in [-0.25, -0.2) is 29.9 Å². The van der Waals surface area contributed by atoms with Gasteiger partial charge in [0, 0.05) is 60.1 Å². The maximum absolute atomic E-state index is 6.54. The van der Waals surface area contributed by atoms with Crippen molar-refractivity contribution in [1.29, 1.82) is 0 Å². The Kier molecular flexibility index (Phi) is 15.5. The highest BCUT2D eigenvalue weighted by atomic mass is 79.9. The van der Waals surface area contributed by atoms with Crippen LogP contribution in [0.5, 0.6) is 23.0 Å². The normalized spacial score (nSPS) is 14.8. The molecule has 2 spiro atoms. The third-order valence-corrected chi connectivity index (χ3v) is 22.5. The maximum atomic E-state index is 6.54. The summed E-state index contributed by atoms with van der Waals surface area (Å²) in [6, 6.07) is 114. The van der Waals surface area contributed by atoms with Crippen molar-refractivity contribution in [2.45, 2.75) is 49.7 Å². The quantitative estimate of drug-likeness (QED) is 0.149. The van der Waals surface area contributed by atoms with Crippen LogP contribution in [0.1, 0.15) is 72.2 Å². The number of halogens is 1. The van der Waals surface area contributed by atoms with Crippen LogP contribution in [0.15, 0.2) is 332 Å². The number of para-hydroxylation sites is 4. The lowest BCUT2D eigenvalue weighted by Crippen LogP contribution is -2.41. The van der Waals surface area contributed by atoms with Crippen LogP contribution < -0.4 is 15.2 Å². The first-order valence-corrected chi connectivity index (χ1v) is 36.6. The zero-order valence-electron chi connectivity index (χ0n) is 58.4. The minimum atomic E-state index is -0.663. The monoisotopic (exact) mass is 1430 g/mol. The molecule has 0 radical (unpaired) electrons. The molecular weight excluding hydrogens is 1370 g/mol. The maximum Gasteiger partial charge on any atom is 0.534 e. The summed E-state index contributed by atoms with van der Waals surface area (Å²) in [4.78, 5) is 30.0. The Morgan fingerprint density at radius 2 is 0.575 bits per heavy atom. The van der Waals surface area contributed by atoms with Crippen LogP contribution in [0.2, 0.25) is 0 Å². The molecule has 5 aliphatic rings. The summed E-state index contributed by atoms with van der Waals surface area (Å²) in [6.07, 6.45) is 0. The van der Waals surface area contributed by atoms with Gasteiger partial charge in [-0.2, -0.15) is 0 Å². The van der Waals surface area contributed by atoms with E-state index in [1.165, 1.54) is 50.1 Å². The van der Waals surface area contributed by atoms with Gasteiger partial charge in [0.05, 0.1) is 22.0 Å². The molecule has 3 aliphatic heterocycles. The van der Waals surface area contributed by atoms with Gasteiger partial charge in [0.2, 0.25) is 0 Å². The molecule has 2 aromatic heterocycles. The van der Waals surface area contributed by atoms with Crippen molar-refractivity contribution in [3.05, 3.63) is 377 Å². The lowest BCUT2D eigenvalue weighted by atomic mass is 9.66. The molecule has 1 fully saturated rings. The SMILES string of the molecule is Brc1cccc2c1-c1ccccc1C21c2ccccc2Oc2ccccc21.CC1(C)OB(c2nc(-c3ccccc3)nc(-c3cccc4ccccc34)n2)OC1(C)C.c1ccc(-c2nc(-c3cccc4c3-c3ccccc3C43c4ccccc4Oc4ccccc43)nc(-c3cccc4ccccc34)n2)cc1. The molecule has 0 bridgehead atoms. The summed E-state index contributed by atoms with van der Waals surface area (Å²) in [5.74, 6) is 6.74. The average molecular weight is 1430 g/mol. The highest BCUT2D eigenvalue weighted by Gasteiger charge is 2.55. The number of fused-ring (bicyclic) bond motifs is 20. The van der Waals surface area contributed by atoms with Gasteiger partial charge in [0.15, 0.2) is 34.8 Å². The number of hydrogen-bond donors (Lipinski definition) is 0. The van der Waals surface area contributed by atoms with Crippen LogP contribution in [0, 0.1) is 0 Å². The average Bonchev–Trinajstić information content (AvgIpc) is 1.60. The lowest BCUT2D eigenvalue weighted by molar-refractivity contribution is 0.00578. The zero-order chi connectivity index (χ0) is 71.3. The third kappa shape index (κ3) is 10.3. The second kappa shape index (κ2) is 25.5. The Labute approximate surface area is 623 Å². The van der Waals surface area contributed by atoms with E-state index in [2.05, 4.69) is 246 Å². The molecule has 0 saturated carbocycles. The van der Waals surface area contributed by atoms with Crippen LogP contribution in [0.3, 0.4) is 0 Å². The number of aromatic nitrogens is 6. The number of rotatable bonds is 6. The molecule has 506 valence electrons. The van der Waals surface area contributed by atoms with Crippen LogP contribution in [-0.2, 0) is 20.1 Å². The molecule has 106 heavy (non-hydrogen) atoms. The molecule has 5 heterocycles. The third-order valence-electron chi connectivity index (χ3n) is 21.8. The van der Waals surface area contributed by atoms with Gasteiger partial charge < -0.3 is 18.8 Å². The summed E-state index contributed by atoms with van der Waals surface area (Å²) in [5.41, 5.74) is 17.9. The van der Waals surface area contributed by atoms with E-state index in [1.807, 2.05) is 125 Å². The van der Waals surface area contributed by atoms with Crippen molar-refractivity contribution in [2.75, 3.05) is 0 Å². The highest BCUT2D eigenvalue weighted by molar-refractivity contribution is 9.10. The minimum Gasteiger partial charge on any atom is -0.457 e. The Morgan fingerprint density at radius 1 is 0.264 bits per heavy atom. The van der Waals surface area contributed by atoms with Crippen molar-refractivity contribution >= 4 is 50.3 Å². The molecule has 0 atom stereocenters. The van der Waals surface area contributed by atoms with E-state index in [-0.39, 0.29) is 5.41 Å². The molecule has 21 rings (SSSR count). The lowest BCUT2D eigenvalue weighted by Gasteiger charge is -2.39. The van der Waals surface area contributed by atoms with Crippen molar-refractivity contribution in [1.82, 2.24) is 29.9 Å². The van der Waals surface area contributed by atoms with Crippen molar-refractivity contribution in [3.63, 3.8) is 0 Å². The van der Waals surface area contributed by atoms with Crippen LogP contribution in [0.25, 0.3) is 101 Å². The Bertz CT molecular complexity index is 6070.